The lowest BCUT2D eigenvalue weighted by Crippen LogP contribution is -2.59. The molecular weight excluding hydrogens is 1050 g/mol. The van der Waals surface area contributed by atoms with E-state index in [1.165, 1.54) is 43.2 Å². The normalized spacial score (nSPS) is 13.0. The van der Waals surface area contributed by atoms with Crippen LogP contribution in [-0.2, 0) is 0 Å². The van der Waals surface area contributed by atoms with Gasteiger partial charge >= 0.3 is 0 Å². The zero-order valence-corrected chi connectivity index (χ0v) is 46.6. The molecule has 0 bridgehead atoms. The average molecular weight is 1100 g/mol. The molecule has 400 valence electrons. The summed E-state index contributed by atoms with van der Waals surface area (Å²) in [6.07, 6.45) is 0. The van der Waals surface area contributed by atoms with E-state index in [0.29, 0.717) is 0 Å². The second kappa shape index (κ2) is 19.2. The molecule has 0 amide bonds. The van der Waals surface area contributed by atoms with Crippen LogP contribution in [0.5, 0.6) is 23.0 Å². The SMILES string of the molecule is c1ccc(N(c2ccccc2)c2cc3c4c(c2)N(c2ccccc2)c2cc5c(cc2B4c2ccccc2O3)c2ccccc2c2cc3c(cc25)N(c2ccccc2)c2cc(N(c4ccccc4)c4ccccc4)cc4c2B3c2ccccc2O4)cc1. The van der Waals surface area contributed by atoms with Crippen molar-refractivity contribution in [2.24, 2.45) is 0 Å². The van der Waals surface area contributed by atoms with Crippen LogP contribution in [-0.4, -0.2) is 13.4 Å². The van der Waals surface area contributed by atoms with E-state index in [9.17, 15) is 0 Å². The van der Waals surface area contributed by atoms with Crippen LogP contribution in [0.3, 0.4) is 0 Å². The van der Waals surface area contributed by atoms with E-state index in [2.05, 4.69) is 323 Å². The third-order valence-electron chi connectivity index (χ3n) is 18.0. The van der Waals surface area contributed by atoms with E-state index in [1.807, 2.05) is 0 Å². The van der Waals surface area contributed by atoms with Gasteiger partial charge < -0.3 is 29.1 Å². The maximum atomic E-state index is 7.17. The van der Waals surface area contributed by atoms with Gasteiger partial charge in [-0.15, -0.1) is 0 Å². The molecule has 0 unspecified atom stereocenters. The molecular formula is C78H50B2N4O2. The Morgan fingerprint density at radius 1 is 0.233 bits per heavy atom. The van der Waals surface area contributed by atoms with Crippen molar-refractivity contribution in [2.75, 3.05) is 19.6 Å². The van der Waals surface area contributed by atoms with E-state index >= 15 is 0 Å². The Hall–Kier alpha value is -11.2. The second-order valence-corrected chi connectivity index (χ2v) is 22.7. The number of benzene rings is 14. The number of ether oxygens (including phenoxy) is 2. The van der Waals surface area contributed by atoms with Gasteiger partial charge in [-0.2, -0.15) is 0 Å². The average Bonchev–Trinajstić information content (AvgIpc) is 0.744. The topological polar surface area (TPSA) is 31.4 Å². The van der Waals surface area contributed by atoms with Crippen LogP contribution in [0.1, 0.15) is 0 Å². The van der Waals surface area contributed by atoms with Crippen molar-refractivity contribution in [1.29, 1.82) is 0 Å². The van der Waals surface area contributed by atoms with Gasteiger partial charge in [-0.25, -0.2) is 0 Å². The molecule has 4 aliphatic heterocycles. The van der Waals surface area contributed by atoms with Crippen LogP contribution in [0, 0.1) is 0 Å². The predicted molar refractivity (Wildman–Crippen MR) is 360 cm³/mol. The highest BCUT2D eigenvalue weighted by atomic mass is 16.5. The molecule has 6 nitrogen and oxygen atoms in total. The zero-order chi connectivity index (χ0) is 56.4. The van der Waals surface area contributed by atoms with Gasteiger partial charge in [0.15, 0.2) is 0 Å². The minimum atomic E-state index is -0.133. The smallest absolute Gasteiger partial charge is 0.256 e. The van der Waals surface area contributed by atoms with Crippen LogP contribution >= 0.6 is 0 Å². The van der Waals surface area contributed by atoms with E-state index in [1.54, 1.807) is 0 Å². The second-order valence-electron chi connectivity index (χ2n) is 22.7. The molecule has 14 aromatic rings. The highest BCUT2D eigenvalue weighted by Gasteiger charge is 2.45. The molecule has 0 saturated carbocycles. The summed E-state index contributed by atoms with van der Waals surface area (Å²) in [4.78, 5) is 9.69. The molecule has 0 aromatic heterocycles. The first-order valence-electron chi connectivity index (χ1n) is 29.5. The number of rotatable bonds is 8. The first-order valence-corrected chi connectivity index (χ1v) is 29.5. The van der Waals surface area contributed by atoms with Crippen LogP contribution in [0.25, 0.3) is 32.3 Å². The number of anilines is 12. The van der Waals surface area contributed by atoms with Crippen molar-refractivity contribution in [3.63, 3.8) is 0 Å². The monoisotopic (exact) mass is 1100 g/mol. The van der Waals surface area contributed by atoms with E-state index in [0.717, 1.165) is 113 Å². The molecule has 0 radical (unpaired) electrons. The van der Waals surface area contributed by atoms with E-state index in [4.69, 9.17) is 9.47 Å². The molecule has 18 rings (SSSR count). The Bertz CT molecular complexity index is 4640. The van der Waals surface area contributed by atoms with E-state index in [-0.39, 0.29) is 13.4 Å². The fourth-order valence-corrected chi connectivity index (χ4v) is 14.5. The summed E-state index contributed by atoms with van der Waals surface area (Å²) in [6.45, 7) is -0.265. The molecule has 4 aliphatic rings. The number of nitrogens with zero attached hydrogens (tertiary/aromatic N) is 4. The Morgan fingerprint density at radius 2 is 0.547 bits per heavy atom. The van der Waals surface area contributed by atoms with Gasteiger partial charge in [-0.3, -0.25) is 0 Å². The molecule has 0 fully saturated rings. The largest absolute Gasteiger partial charge is 0.458 e. The van der Waals surface area contributed by atoms with Crippen molar-refractivity contribution < 1.29 is 9.47 Å². The summed E-state index contributed by atoms with van der Waals surface area (Å²) < 4.78 is 14.3. The van der Waals surface area contributed by atoms with Crippen LogP contribution < -0.4 is 61.9 Å². The lowest BCUT2D eigenvalue weighted by molar-refractivity contribution is 0.487. The fraction of sp³-hybridized carbons (Fsp3) is 0. The molecule has 0 saturated heterocycles. The summed E-state index contributed by atoms with van der Waals surface area (Å²) in [6, 6.07) is 110. The Morgan fingerprint density at radius 3 is 0.919 bits per heavy atom. The summed E-state index contributed by atoms with van der Waals surface area (Å²) >= 11 is 0. The minimum absolute atomic E-state index is 0.133. The van der Waals surface area contributed by atoms with Crippen LogP contribution in [0.2, 0.25) is 0 Å². The molecule has 86 heavy (non-hydrogen) atoms. The number of para-hydroxylation sites is 8. The maximum Gasteiger partial charge on any atom is 0.256 e. The lowest BCUT2D eigenvalue weighted by atomic mass is 9.34. The van der Waals surface area contributed by atoms with Gasteiger partial charge in [-0.05, 0) is 174 Å². The van der Waals surface area contributed by atoms with Crippen LogP contribution in [0.15, 0.2) is 303 Å². The summed E-state index contributed by atoms with van der Waals surface area (Å²) in [5.74, 6) is 3.42. The van der Waals surface area contributed by atoms with Gasteiger partial charge in [0.25, 0.3) is 13.4 Å². The van der Waals surface area contributed by atoms with Gasteiger partial charge in [0.2, 0.25) is 0 Å². The van der Waals surface area contributed by atoms with Crippen molar-refractivity contribution in [3.05, 3.63) is 303 Å². The van der Waals surface area contributed by atoms with Gasteiger partial charge in [-0.1, -0.05) is 182 Å². The Balaban J connectivity index is 0.933. The molecule has 4 heterocycles. The lowest BCUT2D eigenvalue weighted by Gasteiger charge is -2.42. The standard InChI is InChI=1S/C78H50B2N4O2/c1-7-25-51(26-8-1)81(52-27-9-2-10-28-52)57-43-71-77-75(45-57)85-73-41-23-21-39-65(73)79(77)67-47-61-59-37-19-20-38-60(59)62-48-68-70(50-64(62)63(61)49-69(67)83(71)55-33-15-5-16-34-55)84(56-35-17-6-18-36-56)72-44-58(46-76-78(72)80(68)66-40-22-24-42-74(66)86-76)82(53-29-11-3-12-30-53)54-31-13-4-14-32-54/h1-50H. The third-order valence-corrected chi connectivity index (χ3v) is 18.0. The Labute approximate surface area is 499 Å². The molecule has 0 atom stereocenters. The number of hydrogen-bond donors (Lipinski definition) is 0. The van der Waals surface area contributed by atoms with Crippen molar-refractivity contribution in [3.8, 4) is 23.0 Å². The van der Waals surface area contributed by atoms with Gasteiger partial charge in [0.1, 0.15) is 23.0 Å². The highest BCUT2D eigenvalue weighted by Crippen LogP contribution is 2.51. The molecule has 0 aliphatic carbocycles. The van der Waals surface area contributed by atoms with Gasteiger partial charge in [0.05, 0.1) is 11.4 Å². The first kappa shape index (κ1) is 48.3. The third kappa shape index (κ3) is 7.36. The number of hydrogen-bond acceptors (Lipinski definition) is 6. The zero-order valence-electron chi connectivity index (χ0n) is 46.6. The summed E-state index contributed by atoms with van der Waals surface area (Å²) in [7, 11) is 0. The highest BCUT2D eigenvalue weighted by molar-refractivity contribution is 7.00. The van der Waals surface area contributed by atoms with Crippen molar-refractivity contribution >= 4 is 147 Å². The molecule has 14 aromatic carbocycles. The minimum Gasteiger partial charge on any atom is -0.458 e. The molecule has 8 heteroatoms. The van der Waals surface area contributed by atoms with Crippen molar-refractivity contribution in [1.82, 2.24) is 0 Å². The quantitative estimate of drug-likeness (QED) is 0.111. The first-order chi connectivity index (χ1) is 42.7. The molecule has 0 N–H and O–H groups in total. The van der Waals surface area contributed by atoms with Crippen molar-refractivity contribution in [2.45, 2.75) is 0 Å². The maximum absolute atomic E-state index is 7.17. The summed E-state index contributed by atoms with van der Waals surface area (Å²) in [5.41, 5.74) is 19.8. The molecule has 0 spiro atoms. The number of fused-ring (bicyclic) bond motifs is 14. The van der Waals surface area contributed by atoms with E-state index < -0.39 is 0 Å². The van der Waals surface area contributed by atoms with Crippen LogP contribution in [0.4, 0.5) is 68.2 Å². The fourth-order valence-electron chi connectivity index (χ4n) is 14.5. The van der Waals surface area contributed by atoms with Gasteiger partial charge in [0, 0.05) is 69.0 Å². The Kier molecular flexibility index (Phi) is 10.8. The summed E-state index contributed by atoms with van der Waals surface area (Å²) in [5, 5.41) is 7.18. The predicted octanol–water partition coefficient (Wildman–Crippen LogP) is 16.9.